The van der Waals surface area contributed by atoms with E-state index in [0.717, 1.165) is 5.32 Å². The minimum absolute atomic E-state index is 1.14. The SMILES string of the molecule is O=C(NC[C@@H](O)[C@@H](O)[C@@H]1O[C@@](O)(C(=O)O)C[C@H](O)[C@H]1NC(=O)C(F)(F)F)C(F)(F)F. The number of aliphatic hydroxyl groups excluding tert-OH is 3. The van der Waals surface area contributed by atoms with Gasteiger partial charge in [-0.25, -0.2) is 4.79 Å². The van der Waals surface area contributed by atoms with Crippen molar-refractivity contribution in [1.29, 1.82) is 0 Å². The fourth-order valence-corrected chi connectivity index (χ4v) is 2.44. The number of amides is 2. The third kappa shape index (κ3) is 6.14. The molecule has 0 bridgehead atoms. The number of nitrogens with one attached hydrogen (secondary N) is 2. The molecule has 1 rings (SSSR count). The largest absolute Gasteiger partial charge is 0.477 e. The number of carboxylic acids is 1. The first kappa shape index (κ1) is 25.8. The third-order valence-electron chi connectivity index (χ3n) is 3.93. The van der Waals surface area contributed by atoms with Crippen molar-refractivity contribution in [3.05, 3.63) is 0 Å². The first-order valence-corrected chi connectivity index (χ1v) is 7.80. The summed E-state index contributed by atoms with van der Waals surface area (Å²) in [4.78, 5) is 33.0. The Morgan fingerprint density at radius 3 is 2.00 bits per heavy atom. The number of aliphatic hydroxyl groups is 4. The highest BCUT2D eigenvalue weighted by atomic mass is 19.4. The van der Waals surface area contributed by atoms with Crippen molar-refractivity contribution in [2.45, 2.75) is 55.0 Å². The van der Waals surface area contributed by atoms with Gasteiger partial charge in [0, 0.05) is 13.0 Å². The fraction of sp³-hybridized carbons (Fsp3) is 0.769. The van der Waals surface area contributed by atoms with Crippen LogP contribution >= 0.6 is 0 Å². The fourth-order valence-electron chi connectivity index (χ4n) is 2.44. The molecular weight excluding hydrogens is 442 g/mol. The van der Waals surface area contributed by atoms with Crippen molar-refractivity contribution in [3.63, 3.8) is 0 Å². The first-order valence-electron chi connectivity index (χ1n) is 7.80. The number of ether oxygens (including phenoxy) is 1. The molecule has 11 nitrogen and oxygen atoms in total. The molecule has 0 aliphatic carbocycles. The number of alkyl halides is 6. The number of aliphatic carboxylic acids is 1. The average molecular weight is 458 g/mol. The van der Waals surface area contributed by atoms with Crippen molar-refractivity contribution >= 4 is 17.8 Å². The highest BCUT2D eigenvalue weighted by molar-refractivity contribution is 5.82. The molecule has 1 aliphatic rings. The standard InChI is InChI=1S/C13H16F6N2O9/c14-12(15,16)8(25)20-2-4(23)6(24)7-5(21-9(26)13(17,18)19)3(22)1-11(29,30-7)10(27)28/h3-7,22-24,29H,1-2H2,(H,20,25)(H,21,26)(H,27,28)/t3-,4+,5+,6+,7+,11+/m0/s1. The molecule has 0 aromatic carbocycles. The van der Waals surface area contributed by atoms with E-state index < -0.39 is 79.3 Å². The number of hydrogen-bond acceptors (Lipinski definition) is 8. The molecule has 30 heavy (non-hydrogen) atoms. The van der Waals surface area contributed by atoms with Crippen molar-refractivity contribution in [2.75, 3.05) is 6.54 Å². The monoisotopic (exact) mass is 458 g/mol. The molecule has 7 N–H and O–H groups in total. The van der Waals surface area contributed by atoms with E-state index in [1.54, 1.807) is 0 Å². The Kier molecular flexibility index (Phi) is 7.65. The first-order chi connectivity index (χ1) is 13.4. The summed E-state index contributed by atoms with van der Waals surface area (Å²) in [6.45, 7) is -1.35. The zero-order valence-corrected chi connectivity index (χ0v) is 14.4. The van der Waals surface area contributed by atoms with Gasteiger partial charge in [-0.15, -0.1) is 0 Å². The zero-order valence-electron chi connectivity index (χ0n) is 14.4. The van der Waals surface area contributed by atoms with E-state index in [-0.39, 0.29) is 0 Å². The topological polar surface area (TPSA) is 186 Å². The Balaban J connectivity index is 3.09. The number of hydrogen-bond donors (Lipinski definition) is 7. The lowest BCUT2D eigenvalue weighted by molar-refractivity contribution is -0.294. The number of carbonyl (C=O) groups excluding carboxylic acids is 2. The van der Waals surface area contributed by atoms with Crippen LogP contribution in [0.4, 0.5) is 26.3 Å². The van der Waals surface area contributed by atoms with Crippen LogP contribution in [-0.4, -0.2) is 98.5 Å². The van der Waals surface area contributed by atoms with E-state index in [9.17, 15) is 61.2 Å². The Bertz CT molecular complexity index is 672. The van der Waals surface area contributed by atoms with Crippen LogP contribution in [0.15, 0.2) is 0 Å². The van der Waals surface area contributed by atoms with Crippen molar-refractivity contribution in [2.24, 2.45) is 0 Å². The Morgan fingerprint density at radius 2 is 1.57 bits per heavy atom. The number of carbonyl (C=O) groups is 3. The normalized spacial score (nSPS) is 29.6. The molecule has 0 saturated carbocycles. The van der Waals surface area contributed by atoms with Crippen LogP contribution < -0.4 is 10.6 Å². The van der Waals surface area contributed by atoms with Crippen molar-refractivity contribution in [1.82, 2.24) is 10.6 Å². The van der Waals surface area contributed by atoms with Gasteiger partial charge in [0.15, 0.2) is 0 Å². The van der Waals surface area contributed by atoms with Crippen LogP contribution in [0.2, 0.25) is 0 Å². The maximum absolute atomic E-state index is 12.5. The van der Waals surface area contributed by atoms with Gasteiger partial charge in [0.25, 0.3) is 5.79 Å². The predicted octanol–water partition coefficient (Wildman–Crippen LogP) is -2.64. The minimum atomic E-state index is -5.50. The molecule has 0 aromatic rings. The Hall–Kier alpha value is -2.21. The van der Waals surface area contributed by atoms with Gasteiger partial charge in [-0.1, -0.05) is 0 Å². The van der Waals surface area contributed by atoms with Gasteiger partial charge in [0.1, 0.15) is 12.2 Å². The lowest BCUT2D eigenvalue weighted by Crippen LogP contribution is -2.68. The second kappa shape index (κ2) is 8.88. The molecule has 0 unspecified atom stereocenters. The van der Waals surface area contributed by atoms with Gasteiger partial charge < -0.3 is 40.9 Å². The molecule has 0 spiro atoms. The van der Waals surface area contributed by atoms with Crippen LogP contribution in [0.5, 0.6) is 0 Å². The molecule has 1 aliphatic heterocycles. The maximum atomic E-state index is 12.5. The summed E-state index contributed by atoms with van der Waals surface area (Å²) < 4.78 is 78.4. The third-order valence-corrected chi connectivity index (χ3v) is 3.93. The van der Waals surface area contributed by atoms with Gasteiger partial charge >= 0.3 is 30.1 Å². The molecule has 1 fully saturated rings. The van der Waals surface area contributed by atoms with Crippen LogP contribution in [0.3, 0.4) is 0 Å². The van der Waals surface area contributed by atoms with E-state index in [1.807, 2.05) is 0 Å². The van der Waals surface area contributed by atoms with E-state index in [0.29, 0.717) is 0 Å². The van der Waals surface area contributed by atoms with E-state index in [2.05, 4.69) is 4.74 Å². The van der Waals surface area contributed by atoms with Crippen molar-refractivity contribution in [3.8, 4) is 0 Å². The summed E-state index contributed by atoms with van der Waals surface area (Å²) in [5, 5.41) is 50.7. The van der Waals surface area contributed by atoms with E-state index in [1.165, 1.54) is 5.32 Å². The quantitative estimate of drug-likeness (QED) is 0.209. The summed E-state index contributed by atoms with van der Waals surface area (Å²) in [5.74, 6) is -10.7. The second-order valence-corrected chi connectivity index (χ2v) is 6.21. The number of halogens is 6. The molecule has 2 amide bonds. The predicted molar refractivity (Wildman–Crippen MR) is 77.1 cm³/mol. The lowest BCUT2D eigenvalue weighted by Gasteiger charge is -2.44. The van der Waals surface area contributed by atoms with E-state index >= 15 is 0 Å². The molecule has 17 heteroatoms. The molecule has 1 saturated heterocycles. The molecule has 0 aromatic heterocycles. The molecule has 174 valence electrons. The van der Waals surface area contributed by atoms with Crippen LogP contribution in [-0.2, 0) is 19.1 Å². The van der Waals surface area contributed by atoms with Gasteiger partial charge in [-0.2, -0.15) is 26.3 Å². The second-order valence-electron chi connectivity index (χ2n) is 6.21. The van der Waals surface area contributed by atoms with Crippen LogP contribution in [0, 0.1) is 0 Å². The Morgan fingerprint density at radius 1 is 1.07 bits per heavy atom. The maximum Gasteiger partial charge on any atom is 0.471 e. The minimum Gasteiger partial charge on any atom is -0.477 e. The van der Waals surface area contributed by atoms with Gasteiger partial charge in [-0.05, 0) is 0 Å². The Labute approximate surface area is 162 Å². The van der Waals surface area contributed by atoms with E-state index in [4.69, 9.17) is 5.11 Å². The highest BCUT2D eigenvalue weighted by Gasteiger charge is 2.55. The summed E-state index contributed by atoms with van der Waals surface area (Å²) in [7, 11) is 0. The molecule has 1 heterocycles. The molecule has 0 radical (unpaired) electrons. The van der Waals surface area contributed by atoms with Crippen molar-refractivity contribution < 1.29 is 71.0 Å². The average Bonchev–Trinajstić information content (AvgIpc) is 2.58. The van der Waals surface area contributed by atoms with Gasteiger partial charge in [0.05, 0.1) is 18.2 Å². The number of carboxylic acid groups (broad SMARTS) is 1. The molecular formula is C13H16F6N2O9. The summed E-state index contributed by atoms with van der Waals surface area (Å²) >= 11 is 0. The highest BCUT2D eigenvalue weighted by Crippen LogP contribution is 2.31. The van der Waals surface area contributed by atoms with Crippen LogP contribution in [0.25, 0.3) is 0 Å². The molecule has 6 atom stereocenters. The summed E-state index contributed by atoms with van der Waals surface area (Å²) in [6.07, 6.45) is -21.9. The summed E-state index contributed by atoms with van der Waals surface area (Å²) in [5.41, 5.74) is 0. The number of rotatable bonds is 6. The lowest BCUT2D eigenvalue weighted by atomic mass is 9.88. The van der Waals surface area contributed by atoms with Gasteiger partial charge in [0.2, 0.25) is 0 Å². The van der Waals surface area contributed by atoms with Crippen LogP contribution in [0.1, 0.15) is 6.42 Å². The smallest absolute Gasteiger partial charge is 0.471 e. The zero-order chi connectivity index (χ0) is 23.7. The van der Waals surface area contributed by atoms with Gasteiger partial charge in [-0.3, -0.25) is 9.59 Å². The summed E-state index contributed by atoms with van der Waals surface area (Å²) in [6, 6.07) is -2.26.